The fraction of sp³-hybridized carbons (Fsp3) is 0.438. The first-order chi connectivity index (χ1) is 10.6. The predicted molar refractivity (Wildman–Crippen MR) is 81.7 cm³/mol. The van der Waals surface area contributed by atoms with Crippen molar-refractivity contribution in [1.82, 2.24) is 19.9 Å². The summed E-state index contributed by atoms with van der Waals surface area (Å²) in [6.45, 7) is 3.46. The highest BCUT2D eigenvalue weighted by Crippen LogP contribution is 2.29. The molecule has 1 unspecified atom stereocenters. The Kier molecular flexibility index (Phi) is 3.94. The van der Waals surface area contributed by atoms with Gasteiger partial charge in [0.1, 0.15) is 0 Å². The first-order valence-corrected chi connectivity index (χ1v) is 7.48. The Bertz CT molecular complexity index is 656. The summed E-state index contributed by atoms with van der Waals surface area (Å²) < 4.78 is 1.63. The predicted octanol–water partition coefficient (Wildman–Crippen LogP) is 1.50. The van der Waals surface area contributed by atoms with Gasteiger partial charge in [-0.25, -0.2) is 4.68 Å². The van der Waals surface area contributed by atoms with Crippen molar-refractivity contribution >= 4 is 5.91 Å². The first kappa shape index (κ1) is 14.7. The SMILES string of the molecule is CC1(CO)CCCN(C(=O)c2cccc(-n3ccnn3)c2)C1. The zero-order valence-electron chi connectivity index (χ0n) is 12.6. The second-order valence-corrected chi connectivity index (χ2v) is 6.20. The van der Waals surface area contributed by atoms with E-state index in [2.05, 4.69) is 10.3 Å². The molecule has 3 rings (SSSR count). The lowest BCUT2D eigenvalue weighted by molar-refractivity contribution is 0.0358. The molecule has 22 heavy (non-hydrogen) atoms. The van der Waals surface area contributed by atoms with Crippen molar-refractivity contribution in [2.45, 2.75) is 19.8 Å². The van der Waals surface area contributed by atoms with Gasteiger partial charge in [-0.1, -0.05) is 18.2 Å². The molecular weight excluding hydrogens is 280 g/mol. The van der Waals surface area contributed by atoms with Crippen LogP contribution in [0.15, 0.2) is 36.7 Å². The molecular formula is C16H20N4O2. The molecule has 1 atom stereocenters. The average Bonchev–Trinajstić information content (AvgIpc) is 3.09. The maximum absolute atomic E-state index is 12.7. The lowest BCUT2D eigenvalue weighted by atomic mass is 9.82. The number of nitrogens with zero attached hydrogens (tertiary/aromatic N) is 4. The molecule has 6 heteroatoms. The number of carbonyl (C=O) groups is 1. The number of rotatable bonds is 3. The Balaban J connectivity index is 1.82. The fourth-order valence-electron chi connectivity index (χ4n) is 2.93. The van der Waals surface area contributed by atoms with Crippen LogP contribution in [0.4, 0.5) is 0 Å². The van der Waals surface area contributed by atoms with Crippen LogP contribution in [0.2, 0.25) is 0 Å². The third-order valence-corrected chi connectivity index (χ3v) is 4.23. The van der Waals surface area contributed by atoms with E-state index < -0.39 is 0 Å². The smallest absolute Gasteiger partial charge is 0.253 e. The van der Waals surface area contributed by atoms with Crippen molar-refractivity contribution in [1.29, 1.82) is 0 Å². The van der Waals surface area contributed by atoms with Gasteiger partial charge in [-0.15, -0.1) is 5.10 Å². The highest BCUT2D eigenvalue weighted by molar-refractivity contribution is 5.94. The topological polar surface area (TPSA) is 71.2 Å². The van der Waals surface area contributed by atoms with Crippen molar-refractivity contribution < 1.29 is 9.90 Å². The van der Waals surface area contributed by atoms with Gasteiger partial charge in [0.25, 0.3) is 5.91 Å². The van der Waals surface area contributed by atoms with E-state index in [0.717, 1.165) is 25.1 Å². The minimum atomic E-state index is -0.197. The standard InChI is InChI=1S/C16H20N4O2/c1-16(12-21)6-3-8-19(11-16)15(22)13-4-2-5-14(10-13)20-9-7-17-18-20/h2,4-5,7,9-10,21H,3,6,8,11-12H2,1H3. The van der Waals surface area contributed by atoms with E-state index in [1.165, 1.54) is 0 Å². The Labute approximate surface area is 129 Å². The number of benzene rings is 1. The number of aliphatic hydroxyl groups excluding tert-OH is 1. The van der Waals surface area contributed by atoms with Gasteiger partial charge in [-0.2, -0.15) is 0 Å². The summed E-state index contributed by atoms with van der Waals surface area (Å²) >= 11 is 0. The maximum atomic E-state index is 12.7. The number of hydrogen-bond acceptors (Lipinski definition) is 4. The molecule has 1 N–H and O–H groups in total. The van der Waals surface area contributed by atoms with E-state index in [1.807, 2.05) is 36.1 Å². The number of aliphatic hydroxyl groups is 1. The summed E-state index contributed by atoms with van der Waals surface area (Å²) in [6, 6.07) is 7.37. The number of piperidine rings is 1. The Hall–Kier alpha value is -2.21. The minimum absolute atomic E-state index is 0.00124. The van der Waals surface area contributed by atoms with Crippen LogP contribution >= 0.6 is 0 Å². The zero-order chi connectivity index (χ0) is 15.6. The van der Waals surface area contributed by atoms with E-state index in [1.54, 1.807) is 17.1 Å². The molecule has 1 aliphatic rings. The van der Waals surface area contributed by atoms with Gasteiger partial charge in [0, 0.05) is 24.1 Å². The van der Waals surface area contributed by atoms with Crippen LogP contribution in [0.5, 0.6) is 0 Å². The van der Waals surface area contributed by atoms with Gasteiger partial charge in [0.15, 0.2) is 0 Å². The van der Waals surface area contributed by atoms with Crippen LogP contribution in [0.25, 0.3) is 5.69 Å². The van der Waals surface area contributed by atoms with Crippen molar-refractivity contribution in [3.05, 3.63) is 42.2 Å². The summed E-state index contributed by atoms with van der Waals surface area (Å²) in [6.07, 6.45) is 5.22. The monoisotopic (exact) mass is 300 g/mol. The van der Waals surface area contributed by atoms with E-state index in [-0.39, 0.29) is 17.9 Å². The number of carbonyl (C=O) groups excluding carboxylic acids is 1. The van der Waals surface area contributed by atoms with Crippen molar-refractivity contribution in [3.63, 3.8) is 0 Å². The van der Waals surface area contributed by atoms with Gasteiger partial charge >= 0.3 is 0 Å². The Morgan fingerprint density at radius 1 is 1.45 bits per heavy atom. The fourth-order valence-corrected chi connectivity index (χ4v) is 2.93. The second kappa shape index (κ2) is 5.88. The van der Waals surface area contributed by atoms with Crippen molar-refractivity contribution in [3.8, 4) is 5.69 Å². The number of hydrogen-bond donors (Lipinski definition) is 1. The molecule has 1 fully saturated rings. The number of aromatic nitrogens is 3. The van der Waals surface area contributed by atoms with Gasteiger partial charge < -0.3 is 10.0 Å². The molecule has 0 aliphatic carbocycles. The van der Waals surface area contributed by atoms with E-state index in [0.29, 0.717) is 12.1 Å². The molecule has 0 radical (unpaired) electrons. The molecule has 1 aromatic carbocycles. The molecule has 0 spiro atoms. The third kappa shape index (κ3) is 2.87. The molecule has 1 amide bonds. The highest BCUT2D eigenvalue weighted by Gasteiger charge is 2.32. The number of likely N-dealkylation sites (tertiary alicyclic amines) is 1. The molecule has 0 bridgehead atoms. The minimum Gasteiger partial charge on any atom is -0.396 e. The summed E-state index contributed by atoms with van der Waals surface area (Å²) in [7, 11) is 0. The maximum Gasteiger partial charge on any atom is 0.253 e. The molecule has 116 valence electrons. The normalized spacial score (nSPS) is 21.8. The zero-order valence-corrected chi connectivity index (χ0v) is 12.6. The third-order valence-electron chi connectivity index (χ3n) is 4.23. The summed E-state index contributed by atoms with van der Waals surface area (Å²) in [4.78, 5) is 14.6. The summed E-state index contributed by atoms with van der Waals surface area (Å²) in [5, 5.41) is 17.3. The van der Waals surface area contributed by atoms with Crippen molar-refractivity contribution in [2.24, 2.45) is 5.41 Å². The van der Waals surface area contributed by atoms with Crippen LogP contribution in [0.1, 0.15) is 30.1 Å². The highest BCUT2D eigenvalue weighted by atomic mass is 16.3. The molecule has 2 aromatic rings. The molecule has 1 aliphatic heterocycles. The van der Waals surface area contributed by atoms with E-state index in [9.17, 15) is 9.90 Å². The largest absolute Gasteiger partial charge is 0.396 e. The van der Waals surface area contributed by atoms with E-state index in [4.69, 9.17) is 0 Å². The van der Waals surface area contributed by atoms with Crippen LogP contribution in [0.3, 0.4) is 0 Å². The average molecular weight is 300 g/mol. The van der Waals surface area contributed by atoms with Gasteiger partial charge in [-0.3, -0.25) is 4.79 Å². The van der Waals surface area contributed by atoms with Crippen LogP contribution in [-0.2, 0) is 0 Å². The van der Waals surface area contributed by atoms with Gasteiger partial charge in [0.2, 0.25) is 0 Å². The van der Waals surface area contributed by atoms with Crippen LogP contribution < -0.4 is 0 Å². The molecule has 2 heterocycles. The molecule has 0 saturated carbocycles. The van der Waals surface area contributed by atoms with Crippen LogP contribution in [-0.4, -0.2) is 50.6 Å². The quantitative estimate of drug-likeness (QED) is 0.932. The van der Waals surface area contributed by atoms with Gasteiger partial charge in [0.05, 0.1) is 24.7 Å². The van der Waals surface area contributed by atoms with Crippen molar-refractivity contribution in [2.75, 3.05) is 19.7 Å². The lowest BCUT2D eigenvalue weighted by Crippen LogP contribution is -2.46. The Morgan fingerprint density at radius 3 is 3.05 bits per heavy atom. The van der Waals surface area contributed by atoms with E-state index >= 15 is 0 Å². The lowest BCUT2D eigenvalue weighted by Gasteiger charge is -2.39. The number of amides is 1. The molecule has 1 saturated heterocycles. The summed E-state index contributed by atoms with van der Waals surface area (Å²) in [5.74, 6) is 0.00124. The molecule has 1 aromatic heterocycles. The van der Waals surface area contributed by atoms with Gasteiger partial charge in [-0.05, 0) is 31.0 Å². The Morgan fingerprint density at radius 2 is 2.32 bits per heavy atom. The summed E-state index contributed by atoms with van der Waals surface area (Å²) in [5.41, 5.74) is 1.25. The second-order valence-electron chi connectivity index (χ2n) is 6.20. The molecule has 6 nitrogen and oxygen atoms in total. The first-order valence-electron chi connectivity index (χ1n) is 7.48. The van der Waals surface area contributed by atoms with Crippen LogP contribution in [0, 0.1) is 5.41 Å².